The summed E-state index contributed by atoms with van der Waals surface area (Å²) in [6.45, 7) is 5.24. The van der Waals surface area contributed by atoms with Crippen molar-refractivity contribution in [3.63, 3.8) is 0 Å². The van der Waals surface area contributed by atoms with Gasteiger partial charge in [0.2, 0.25) is 10.0 Å². The van der Waals surface area contributed by atoms with Gasteiger partial charge in [-0.05, 0) is 48.4 Å². The molecule has 2 rings (SSSR count). The first-order valence-electron chi connectivity index (χ1n) is 10.8. The first kappa shape index (κ1) is 25.3. The van der Waals surface area contributed by atoms with Crippen LogP contribution in [0.5, 0.6) is 0 Å². The van der Waals surface area contributed by atoms with E-state index in [1.54, 1.807) is 12.1 Å². The van der Waals surface area contributed by atoms with Crippen LogP contribution in [0.4, 0.5) is 5.69 Å². The van der Waals surface area contributed by atoms with E-state index in [4.69, 9.17) is 0 Å². The van der Waals surface area contributed by atoms with Crippen molar-refractivity contribution >= 4 is 33.4 Å². The SMILES string of the molecule is CCCCC(CC)CNC(=O)c1ccc(CN(c2ccccc2SC)S(C)(=O)=O)cc1. The Kier molecular flexibility index (Phi) is 9.91. The Labute approximate surface area is 191 Å². The van der Waals surface area contributed by atoms with Crippen LogP contribution in [0.2, 0.25) is 0 Å². The van der Waals surface area contributed by atoms with E-state index in [2.05, 4.69) is 19.2 Å². The van der Waals surface area contributed by atoms with Crippen LogP contribution in [0, 0.1) is 5.92 Å². The van der Waals surface area contributed by atoms with Gasteiger partial charge < -0.3 is 5.32 Å². The number of unbranched alkanes of at least 4 members (excludes halogenated alkanes) is 1. The predicted molar refractivity (Wildman–Crippen MR) is 131 cm³/mol. The zero-order valence-electron chi connectivity index (χ0n) is 18.9. The number of carbonyl (C=O) groups excluding carboxylic acids is 1. The maximum atomic E-state index is 12.5. The highest BCUT2D eigenvalue weighted by molar-refractivity contribution is 7.99. The van der Waals surface area contributed by atoms with Gasteiger partial charge in [-0.25, -0.2) is 8.42 Å². The van der Waals surface area contributed by atoms with Crippen LogP contribution in [-0.2, 0) is 16.6 Å². The van der Waals surface area contributed by atoms with Crippen LogP contribution in [0.25, 0.3) is 0 Å². The molecule has 2 aromatic rings. The largest absolute Gasteiger partial charge is 0.352 e. The molecule has 7 heteroatoms. The summed E-state index contributed by atoms with van der Waals surface area (Å²) >= 11 is 1.51. The van der Waals surface area contributed by atoms with Gasteiger partial charge >= 0.3 is 0 Å². The Balaban J connectivity index is 2.10. The second kappa shape index (κ2) is 12.2. The Hall–Kier alpha value is -1.99. The van der Waals surface area contributed by atoms with Gasteiger partial charge in [-0.15, -0.1) is 11.8 Å². The molecule has 0 saturated carbocycles. The van der Waals surface area contributed by atoms with Crippen molar-refractivity contribution in [1.29, 1.82) is 0 Å². The molecule has 2 aromatic carbocycles. The number of anilines is 1. The molecule has 1 N–H and O–H groups in total. The number of rotatable bonds is 12. The highest BCUT2D eigenvalue weighted by Crippen LogP contribution is 2.31. The van der Waals surface area contributed by atoms with Gasteiger partial charge in [-0.1, -0.05) is 57.4 Å². The fourth-order valence-electron chi connectivity index (χ4n) is 3.43. The molecule has 0 radical (unpaired) electrons. The van der Waals surface area contributed by atoms with Crippen molar-refractivity contribution in [2.24, 2.45) is 5.92 Å². The molecule has 5 nitrogen and oxygen atoms in total. The van der Waals surface area contributed by atoms with Gasteiger partial charge in [0, 0.05) is 17.0 Å². The number of nitrogens with zero attached hydrogens (tertiary/aromatic N) is 1. The van der Waals surface area contributed by atoms with Crippen LogP contribution >= 0.6 is 11.8 Å². The highest BCUT2D eigenvalue weighted by atomic mass is 32.2. The van der Waals surface area contributed by atoms with Crippen molar-refractivity contribution in [3.8, 4) is 0 Å². The molecule has 1 amide bonds. The van der Waals surface area contributed by atoms with E-state index in [9.17, 15) is 13.2 Å². The van der Waals surface area contributed by atoms with Crippen LogP contribution in [-0.4, -0.2) is 33.4 Å². The molecule has 0 aliphatic carbocycles. The van der Waals surface area contributed by atoms with Gasteiger partial charge in [0.15, 0.2) is 0 Å². The van der Waals surface area contributed by atoms with E-state index in [0.29, 0.717) is 23.7 Å². The lowest BCUT2D eigenvalue weighted by Gasteiger charge is -2.24. The lowest BCUT2D eigenvalue weighted by molar-refractivity contribution is 0.0946. The zero-order valence-corrected chi connectivity index (χ0v) is 20.6. The third-order valence-electron chi connectivity index (χ3n) is 5.39. The number of para-hydroxylation sites is 1. The minimum Gasteiger partial charge on any atom is -0.352 e. The lowest BCUT2D eigenvalue weighted by atomic mass is 9.99. The maximum Gasteiger partial charge on any atom is 0.251 e. The first-order valence-corrected chi connectivity index (χ1v) is 13.8. The molecule has 0 heterocycles. The van der Waals surface area contributed by atoms with E-state index in [1.165, 1.54) is 28.7 Å². The number of amides is 1. The van der Waals surface area contributed by atoms with Crippen molar-refractivity contribution in [1.82, 2.24) is 5.32 Å². The van der Waals surface area contributed by atoms with E-state index in [1.807, 2.05) is 42.7 Å². The number of carbonyl (C=O) groups is 1. The monoisotopic (exact) mass is 462 g/mol. The lowest BCUT2D eigenvalue weighted by Crippen LogP contribution is -2.30. The molecule has 1 unspecified atom stereocenters. The van der Waals surface area contributed by atoms with Gasteiger partial charge in [0.25, 0.3) is 5.91 Å². The number of hydrogen-bond acceptors (Lipinski definition) is 4. The van der Waals surface area contributed by atoms with Crippen LogP contribution in [0.15, 0.2) is 53.4 Å². The van der Waals surface area contributed by atoms with Gasteiger partial charge in [0.05, 0.1) is 18.5 Å². The summed E-state index contributed by atoms with van der Waals surface area (Å²) in [6, 6.07) is 14.6. The summed E-state index contributed by atoms with van der Waals surface area (Å²) in [5.74, 6) is 0.414. The Morgan fingerprint density at radius 3 is 2.35 bits per heavy atom. The fraction of sp³-hybridized carbons (Fsp3) is 0.458. The second-order valence-corrected chi connectivity index (χ2v) is 10.5. The van der Waals surface area contributed by atoms with E-state index in [-0.39, 0.29) is 12.5 Å². The van der Waals surface area contributed by atoms with Crippen molar-refractivity contribution in [3.05, 3.63) is 59.7 Å². The molecule has 170 valence electrons. The Bertz CT molecular complexity index is 944. The number of benzene rings is 2. The number of thioether (sulfide) groups is 1. The van der Waals surface area contributed by atoms with Crippen molar-refractivity contribution in [2.45, 2.75) is 51.0 Å². The number of sulfonamides is 1. The minimum atomic E-state index is -3.46. The maximum absolute atomic E-state index is 12.5. The average molecular weight is 463 g/mol. The highest BCUT2D eigenvalue weighted by Gasteiger charge is 2.20. The molecule has 0 bridgehead atoms. The molecule has 0 spiro atoms. The average Bonchev–Trinajstić information content (AvgIpc) is 2.77. The normalized spacial score (nSPS) is 12.4. The van der Waals surface area contributed by atoms with Crippen LogP contribution < -0.4 is 9.62 Å². The van der Waals surface area contributed by atoms with Gasteiger partial charge in [-0.3, -0.25) is 9.10 Å². The molecule has 0 aliphatic rings. The molecule has 1 atom stereocenters. The minimum absolute atomic E-state index is 0.0887. The summed E-state index contributed by atoms with van der Waals surface area (Å²) in [6.07, 6.45) is 7.67. The third kappa shape index (κ3) is 7.58. The predicted octanol–water partition coefficient (Wildman–Crippen LogP) is 5.32. The fourth-order valence-corrected chi connectivity index (χ4v) is 4.99. The standard InChI is InChI=1S/C24H34N2O3S2/c1-5-7-10-19(6-2)17-25-24(27)21-15-13-20(14-16-21)18-26(31(4,28)29)22-11-8-9-12-23(22)30-3/h8-9,11-16,19H,5-7,10,17-18H2,1-4H3,(H,25,27). The summed E-state index contributed by atoms with van der Waals surface area (Å²) in [4.78, 5) is 13.4. The first-order chi connectivity index (χ1) is 14.8. The smallest absolute Gasteiger partial charge is 0.251 e. The molecular formula is C24H34N2O3S2. The zero-order chi connectivity index (χ0) is 22.9. The molecule has 31 heavy (non-hydrogen) atoms. The Morgan fingerprint density at radius 1 is 1.10 bits per heavy atom. The molecule has 0 saturated heterocycles. The summed E-state index contributed by atoms with van der Waals surface area (Å²) in [5.41, 5.74) is 2.08. The summed E-state index contributed by atoms with van der Waals surface area (Å²) in [5, 5.41) is 3.04. The molecule has 0 aromatic heterocycles. The second-order valence-electron chi connectivity index (χ2n) is 7.76. The van der Waals surface area contributed by atoms with Crippen LogP contribution in [0.3, 0.4) is 0 Å². The van der Waals surface area contributed by atoms with Gasteiger partial charge in [-0.2, -0.15) is 0 Å². The Morgan fingerprint density at radius 2 is 1.77 bits per heavy atom. The quantitative estimate of drug-likeness (QED) is 0.434. The van der Waals surface area contributed by atoms with E-state index in [0.717, 1.165) is 29.7 Å². The molecular weight excluding hydrogens is 428 g/mol. The molecule has 0 aliphatic heterocycles. The number of nitrogens with one attached hydrogen (secondary N) is 1. The number of hydrogen-bond donors (Lipinski definition) is 1. The van der Waals surface area contributed by atoms with Crippen molar-refractivity contribution < 1.29 is 13.2 Å². The summed E-state index contributed by atoms with van der Waals surface area (Å²) in [7, 11) is -3.46. The van der Waals surface area contributed by atoms with Gasteiger partial charge in [0.1, 0.15) is 0 Å². The van der Waals surface area contributed by atoms with E-state index >= 15 is 0 Å². The van der Waals surface area contributed by atoms with E-state index < -0.39 is 10.0 Å². The molecule has 0 fully saturated rings. The van der Waals surface area contributed by atoms with Crippen molar-refractivity contribution in [2.75, 3.05) is 23.4 Å². The summed E-state index contributed by atoms with van der Waals surface area (Å²) < 4.78 is 26.4. The topological polar surface area (TPSA) is 66.5 Å². The van der Waals surface area contributed by atoms with Crippen LogP contribution in [0.1, 0.15) is 55.5 Å². The third-order valence-corrected chi connectivity index (χ3v) is 7.30.